The molecule has 0 radical (unpaired) electrons. The number of nitrogens with zero attached hydrogens (tertiary/aromatic N) is 3. The molecule has 2 fully saturated rings. The van der Waals surface area contributed by atoms with E-state index in [0.29, 0.717) is 25.7 Å². The molecule has 1 aromatic carbocycles. The molecule has 5 heterocycles. The number of ketones is 3. The predicted molar refractivity (Wildman–Crippen MR) is 248 cm³/mol. The third-order valence-corrected chi connectivity index (χ3v) is 12.6. The molecule has 6 aliphatic rings. The highest BCUT2D eigenvalue weighted by atomic mass is 19.1. The second-order valence-electron chi connectivity index (χ2n) is 17.7. The molecule has 4 N–H and O–H groups in total. The Morgan fingerprint density at radius 3 is 2.42 bits per heavy atom. The highest BCUT2D eigenvalue weighted by molar-refractivity contribution is 6.32. The number of hydrogen-bond donors (Lipinski definition) is 4. The normalized spacial score (nSPS) is 26.3. The number of aromatic hydroxyl groups is 1. The third kappa shape index (κ3) is 11.8. The van der Waals surface area contributed by atoms with E-state index in [0.717, 1.165) is 0 Å². The Hall–Kier alpha value is -7.02. The topological polar surface area (TPSA) is 231 Å². The molecule has 69 heavy (non-hydrogen) atoms. The van der Waals surface area contributed by atoms with Gasteiger partial charge in [-0.3, -0.25) is 33.7 Å². The molecule has 2 saturated heterocycles. The molecule has 0 saturated carbocycles. The number of Topliss-reactive ketones (excluding diaryl/α,β-unsaturated/α-hetero) is 3. The van der Waals surface area contributed by atoms with E-state index in [1.165, 1.54) is 63.2 Å². The lowest BCUT2D eigenvalue weighted by molar-refractivity contribution is -0.148. The Labute approximate surface area is 399 Å². The van der Waals surface area contributed by atoms with Gasteiger partial charge in [-0.15, -0.1) is 6.58 Å². The number of hydrogen-bond acceptors (Lipinski definition) is 15. The maximum absolute atomic E-state index is 15.9. The van der Waals surface area contributed by atoms with Gasteiger partial charge < -0.3 is 49.6 Å². The van der Waals surface area contributed by atoms with Crippen LogP contribution >= 0.6 is 0 Å². The van der Waals surface area contributed by atoms with Gasteiger partial charge in [0, 0.05) is 63.3 Å². The lowest BCUT2D eigenvalue weighted by atomic mass is 9.82. The number of carbonyl (C=O) groups excluding carboxylic acids is 7. The number of nitrogens with one attached hydrogen (secondary N) is 2. The van der Waals surface area contributed by atoms with E-state index in [-0.39, 0.29) is 91.4 Å². The first-order chi connectivity index (χ1) is 32.8. The molecule has 5 bridgehead atoms. The highest BCUT2D eigenvalue weighted by Gasteiger charge is 2.48. The van der Waals surface area contributed by atoms with Crippen LogP contribution < -0.4 is 15.4 Å². The van der Waals surface area contributed by atoms with Crippen molar-refractivity contribution in [3.63, 3.8) is 0 Å². The van der Waals surface area contributed by atoms with Crippen molar-refractivity contribution in [2.75, 3.05) is 39.3 Å². The molecule has 370 valence electrons. The van der Waals surface area contributed by atoms with Gasteiger partial charge in [0.1, 0.15) is 40.9 Å². The number of fused-ring (bicyclic) bond motifs is 14. The number of benzene rings is 1. The summed E-state index contributed by atoms with van der Waals surface area (Å²) < 4.78 is 38.2. The van der Waals surface area contributed by atoms with Crippen LogP contribution in [0.25, 0.3) is 0 Å². The van der Waals surface area contributed by atoms with Gasteiger partial charge in [-0.25, -0.2) is 9.18 Å². The fourth-order valence-corrected chi connectivity index (χ4v) is 8.69. The molecule has 0 spiro atoms. The number of esters is 1. The van der Waals surface area contributed by atoms with Gasteiger partial charge in [-0.1, -0.05) is 37.3 Å². The van der Waals surface area contributed by atoms with Crippen LogP contribution in [0.1, 0.15) is 103 Å². The van der Waals surface area contributed by atoms with Crippen LogP contribution in [0.5, 0.6) is 11.5 Å². The third-order valence-electron chi connectivity index (χ3n) is 12.6. The Morgan fingerprint density at radius 1 is 1.01 bits per heavy atom. The summed E-state index contributed by atoms with van der Waals surface area (Å²) in [5.41, 5.74) is -1.43. The van der Waals surface area contributed by atoms with Crippen LogP contribution in [0.3, 0.4) is 0 Å². The number of allylic oxidation sites excluding steroid dienone is 9. The van der Waals surface area contributed by atoms with E-state index >= 15 is 4.39 Å². The van der Waals surface area contributed by atoms with Crippen molar-refractivity contribution in [2.24, 2.45) is 5.92 Å². The lowest BCUT2D eigenvalue weighted by Gasteiger charge is -2.40. The number of cyclic esters (lactones) is 1. The first-order valence-electron chi connectivity index (χ1n) is 23.0. The molecule has 0 aromatic heterocycles. The molecule has 7 rings (SSSR count). The summed E-state index contributed by atoms with van der Waals surface area (Å²) in [5.74, 6) is -5.48. The molecule has 6 atom stereocenters. The highest BCUT2D eigenvalue weighted by Crippen LogP contribution is 2.46. The number of rotatable bonds is 9. The molecule has 3 amide bonds. The predicted octanol–water partition coefficient (Wildman–Crippen LogP) is 5.12. The van der Waals surface area contributed by atoms with Crippen LogP contribution in [-0.4, -0.2) is 136 Å². The van der Waals surface area contributed by atoms with Gasteiger partial charge >= 0.3 is 18.4 Å². The van der Waals surface area contributed by atoms with Crippen molar-refractivity contribution in [3.8, 4) is 11.5 Å². The summed E-state index contributed by atoms with van der Waals surface area (Å²) in [7, 11) is 0. The van der Waals surface area contributed by atoms with E-state index in [4.69, 9.17) is 18.9 Å². The summed E-state index contributed by atoms with van der Waals surface area (Å²) in [6.07, 6.45) is 9.66. The van der Waals surface area contributed by atoms with Gasteiger partial charge in [-0.05, 0) is 64.5 Å². The number of ether oxygens (including phenoxy) is 4. The van der Waals surface area contributed by atoms with E-state index in [1.54, 1.807) is 28.9 Å². The number of phenols is 1. The minimum atomic E-state index is -1.60. The Kier molecular flexibility index (Phi) is 16.7. The summed E-state index contributed by atoms with van der Waals surface area (Å²) >= 11 is 0. The van der Waals surface area contributed by atoms with E-state index in [1.807, 2.05) is 13.0 Å². The van der Waals surface area contributed by atoms with Crippen LogP contribution in [0.4, 0.5) is 9.18 Å². The number of aliphatic hydroxyl groups is 1. The minimum absolute atomic E-state index is 0.0102. The van der Waals surface area contributed by atoms with Crippen LogP contribution in [0, 0.1) is 12.8 Å². The van der Waals surface area contributed by atoms with Gasteiger partial charge in [0.25, 0.3) is 5.91 Å². The van der Waals surface area contributed by atoms with Crippen molar-refractivity contribution in [2.45, 2.75) is 104 Å². The zero-order valence-electron chi connectivity index (χ0n) is 39.7. The minimum Gasteiger partial charge on any atom is -0.507 e. The van der Waals surface area contributed by atoms with E-state index in [9.17, 15) is 43.8 Å². The van der Waals surface area contributed by atoms with Gasteiger partial charge in [0.05, 0.1) is 48.2 Å². The Bertz CT molecular complexity index is 2460. The molecule has 1 aliphatic carbocycles. The number of aliphatic hydroxyl groups excluding tert-OH is 1. The molecule has 19 heteroatoms. The number of amides is 3. The largest absolute Gasteiger partial charge is 0.507 e. The average molecular weight is 958 g/mol. The first kappa shape index (κ1) is 51.4. The van der Waals surface area contributed by atoms with Crippen molar-refractivity contribution < 1.29 is 67.1 Å². The smallest absolute Gasteiger partial charge is 0.411 e. The maximum Gasteiger partial charge on any atom is 0.411 e. The SMILES string of the molecule is C=CC(C=C/C(F)=C(\C)N1CCN(C2=C3NC(=O)/C(C)=C\C=C\C(C)CCC(O)CC(OC(C)=O)CC/C=C/OC4Oc5c(C)c(O)c(c(c5C4=O)C2=O)C3=O)CC1)N1CC(CNC(C)=O)OC1=O. The molecule has 18 nitrogen and oxygen atoms in total. The molecule has 1 aromatic rings. The summed E-state index contributed by atoms with van der Waals surface area (Å²) in [6.45, 7) is 13.5. The van der Waals surface area contributed by atoms with Crippen molar-refractivity contribution in [3.05, 3.63) is 106 Å². The molecular formula is C50H60FN5O13. The van der Waals surface area contributed by atoms with Crippen LogP contribution in [-0.2, 0) is 28.6 Å². The Balaban J connectivity index is 1.30. The lowest BCUT2D eigenvalue weighted by Crippen LogP contribution is -2.49. The second-order valence-corrected chi connectivity index (χ2v) is 17.7. The quantitative estimate of drug-likeness (QED) is 0.143. The average Bonchev–Trinajstić information content (AvgIpc) is 3.85. The van der Waals surface area contributed by atoms with Crippen LogP contribution in [0.2, 0.25) is 0 Å². The first-order valence-corrected chi connectivity index (χ1v) is 23.0. The van der Waals surface area contributed by atoms with E-state index in [2.05, 4.69) is 17.2 Å². The molecule has 5 aliphatic heterocycles. The fraction of sp³-hybridized carbons (Fsp3) is 0.460. The number of carbonyl (C=O) groups is 7. The van der Waals surface area contributed by atoms with Gasteiger partial charge in [-0.2, -0.15) is 0 Å². The van der Waals surface area contributed by atoms with Crippen molar-refractivity contribution in [1.29, 1.82) is 0 Å². The van der Waals surface area contributed by atoms with Crippen molar-refractivity contribution >= 4 is 41.2 Å². The second kappa shape index (κ2) is 22.4. The fourth-order valence-electron chi connectivity index (χ4n) is 8.69. The number of piperazine rings is 1. The maximum atomic E-state index is 15.9. The Morgan fingerprint density at radius 2 is 1.74 bits per heavy atom. The zero-order valence-corrected chi connectivity index (χ0v) is 39.7. The standard InChI is InChI=1S/C50H60FN5O13/c1-8-33(56-26-36(68-50(56)65)25-52-31(6)57)16-18-37(51)30(5)54-19-21-55(22-20-54)42-41-44(61)39-38(45(42)62)40-46(63)49(69-47(40)29(4)43(39)60)66-23-10-9-14-35(67-32(7)58)24-34(59)17-15-27(2)12-11-13-28(3)48(64)53-41/h8,10-13,16,18,23,27,33-36,49,59-60H,1,9,14-15,17,19-22,24-26H2,2-7H3,(H,52,57)(H,53,64)/b12-11+,18-16?,23-10+,28-13-,37-30-. The zero-order chi connectivity index (χ0) is 50.3. The summed E-state index contributed by atoms with van der Waals surface area (Å²) in [6, 6.07) is -0.723. The van der Waals surface area contributed by atoms with Crippen molar-refractivity contribution in [1.82, 2.24) is 25.3 Å². The molecular weight excluding hydrogens is 898 g/mol. The summed E-state index contributed by atoms with van der Waals surface area (Å²) in [5, 5.41) is 27.6. The number of halogens is 1. The molecule has 6 unspecified atom stereocenters. The summed E-state index contributed by atoms with van der Waals surface area (Å²) in [4.78, 5) is 98.1. The van der Waals surface area contributed by atoms with Crippen LogP contribution in [0.15, 0.2) is 83.9 Å². The monoisotopic (exact) mass is 957 g/mol. The number of phenolic OH excluding ortho intramolecular Hbond substituents is 1. The van der Waals surface area contributed by atoms with Gasteiger partial charge in [0.2, 0.25) is 23.3 Å². The van der Waals surface area contributed by atoms with Gasteiger partial charge in [0.15, 0.2) is 0 Å². The van der Waals surface area contributed by atoms with E-state index < -0.39 is 94.4 Å².